The zero-order chi connectivity index (χ0) is 24.3. The number of carbonyl (C=O) groups is 2. The Kier molecular flexibility index (Phi) is 6.45. The number of ether oxygens (including phenoxy) is 1. The summed E-state index contributed by atoms with van der Waals surface area (Å²) < 4.78 is 20.5. The number of hydrogen-bond acceptors (Lipinski definition) is 6. The molecule has 0 saturated carbocycles. The molecule has 1 unspecified atom stereocenters. The fourth-order valence-electron chi connectivity index (χ4n) is 3.96. The highest BCUT2D eigenvalue weighted by Gasteiger charge is 2.43. The lowest BCUT2D eigenvalue weighted by Crippen LogP contribution is -2.47. The van der Waals surface area contributed by atoms with E-state index in [-0.39, 0.29) is 35.8 Å². The number of allylic oxidation sites excluding steroid dienone is 1. The number of amides is 2. The minimum atomic E-state index is -0.946. The molecule has 1 aromatic heterocycles. The molecule has 1 aromatic carbocycles. The molecule has 1 saturated heterocycles. The molecule has 2 atom stereocenters. The Labute approximate surface area is 196 Å². The number of cyclic esters (lactones) is 1. The van der Waals surface area contributed by atoms with Crippen LogP contribution in [-0.2, 0) is 9.53 Å². The molecule has 0 radical (unpaired) electrons. The van der Waals surface area contributed by atoms with E-state index in [9.17, 15) is 14.4 Å². The fourth-order valence-corrected chi connectivity index (χ4v) is 3.96. The van der Waals surface area contributed by atoms with E-state index < -0.39 is 23.6 Å². The summed E-state index contributed by atoms with van der Waals surface area (Å²) in [4.78, 5) is 41.9. The molecule has 1 aliphatic carbocycles. The molecule has 34 heavy (non-hydrogen) atoms. The Hall–Kier alpha value is -4.01. The van der Waals surface area contributed by atoms with Crippen LogP contribution in [0.25, 0.3) is 11.3 Å². The first-order valence-electron chi connectivity index (χ1n) is 10.9. The molecular formula is C25H25FN4O4. The van der Waals surface area contributed by atoms with Crippen LogP contribution >= 0.6 is 0 Å². The number of pyridine rings is 1. The zero-order valence-electron chi connectivity index (χ0n) is 18.9. The van der Waals surface area contributed by atoms with Crippen molar-refractivity contribution in [2.24, 2.45) is 0 Å². The molecule has 2 heterocycles. The van der Waals surface area contributed by atoms with Crippen LogP contribution in [0.15, 0.2) is 77.1 Å². The number of rotatable bonds is 6. The van der Waals surface area contributed by atoms with Crippen molar-refractivity contribution in [2.75, 3.05) is 18.4 Å². The highest BCUT2D eigenvalue weighted by molar-refractivity contribution is 5.74. The summed E-state index contributed by atoms with van der Waals surface area (Å²) in [6.45, 7) is 3.54. The van der Waals surface area contributed by atoms with Gasteiger partial charge in [-0.25, -0.2) is 9.18 Å². The first kappa shape index (κ1) is 23.2. The summed E-state index contributed by atoms with van der Waals surface area (Å²) in [5.74, 6) is -0.807. The second-order valence-electron chi connectivity index (χ2n) is 8.47. The highest BCUT2D eigenvalue weighted by atomic mass is 19.1. The molecule has 9 heteroatoms. The van der Waals surface area contributed by atoms with Crippen LogP contribution in [0.3, 0.4) is 0 Å². The number of carbonyl (C=O) groups excluding carboxylic acids is 2. The molecule has 1 fully saturated rings. The van der Waals surface area contributed by atoms with Gasteiger partial charge < -0.3 is 15.4 Å². The zero-order valence-corrected chi connectivity index (χ0v) is 18.9. The van der Waals surface area contributed by atoms with E-state index in [0.717, 1.165) is 0 Å². The average molecular weight is 464 g/mol. The quantitative estimate of drug-likeness (QED) is 0.680. The Morgan fingerprint density at radius 3 is 2.79 bits per heavy atom. The third-order valence-corrected chi connectivity index (χ3v) is 5.80. The summed E-state index contributed by atoms with van der Waals surface area (Å²) in [6, 6.07) is 11.9. The molecule has 0 bridgehead atoms. The second-order valence-corrected chi connectivity index (χ2v) is 8.47. The maximum absolute atomic E-state index is 15.2. The minimum Gasteiger partial charge on any atom is -0.442 e. The van der Waals surface area contributed by atoms with Crippen molar-refractivity contribution in [3.8, 4) is 11.3 Å². The monoisotopic (exact) mass is 464 g/mol. The van der Waals surface area contributed by atoms with Crippen molar-refractivity contribution in [1.29, 1.82) is 0 Å². The van der Waals surface area contributed by atoms with Crippen molar-refractivity contribution in [3.63, 3.8) is 0 Å². The molecule has 2 N–H and O–H groups in total. The second kappa shape index (κ2) is 9.46. The number of aromatic nitrogens is 1. The molecule has 176 valence electrons. The van der Waals surface area contributed by atoms with Crippen LogP contribution in [-0.4, -0.2) is 46.6 Å². The van der Waals surface area contributed by atoms with Crippen LogP contribution in [0.2, 0.25) is 0 Å². The average Bonchev–Trinajstić information content (AvgIpc) is 3.09. The summed E-state index contributed by atoms with van der Waals surface area (Å²) in [5.41, 5.74) is 0.505. The Morgan fingerprint density at radius 2 is 2.09 bits per heavy atom. The fraction of sp³-hybridized carbons (Fsp3) is 0.280. The molecule has 2 aromatic rings. The number of hydrogen-bond donors (Lipinski definition) is 2. The van der Waals surface area contributed by atoms with Gasteiger partial charge >= 0.3 is 6.09 Å². The smallest absolute Gasteiger partial charge is 0.411 e. The van der Waals surface area contributed by atoms with Gasteiger partial charge in [0.25, 0.3) is 0 Å². The van der Waals surface area contributed by atoms with E-state index in [4.69, 9.17) is 4.74 Å². The van der Waals surface area contributed by atoms with Crippen molar-refractivity contribution in [2.45, 2.75) is 31.9 Å². The van der Waals surface area contributed by atoms with Gasteiger partial charge in [0, 0.05) is 18.7 Å². The van der Waals surface area contributed by atoms with Crippen molar-refractivity contribution in [1.82, 2.24) is 15.2 Å². The lowest BCUT2D eigenvalue weighted by Gasteiger charge is -2.36. The summed E-state index contributed by atoms with van der Waals surface area (Å²) >= 11 is 0. The van der Waals surface area contributed by atoms with Gasteiger partial charge in [-0.1, -0.05) is 24.3 Å². The molecule has 8 nitrogen and oxygen atoms in total. The van der Waals surface area contributed by atoms with E-state index in [2.05, 4.69) is 15.6 Å². The number of nitrogens with zero attached hydrogens (tertiary/aromatic N) is 2. The van der Waals surface area contributed by atoms with Crippen LogP contribution in [0.4, 0.5) is 14.9 Å². The van der Waals surface area contributed by atoms with Gasteiger partial charge in [-0.3, -0.25) is 19.5 Å². The van der Waals surface area contributed by atoms with Crippen LogP contribution < -0.4 is 16.1 Å². The predicted molar refractivity (Wildman–Crippen MR) is 126 cm³/mol. The SMILES string of the molecule is CC(=O)NC[C@H]1CN(C2(C)C=C(F)C(Nc3cc(-c4ccccn4)cccc3=O)=CC2)C(=O)O1. The van der Waals surface area contributed by atoms with E-state index in [1.807, 2.05) is 12.1 Å². The van der Waals surface area contributed by atoms with E-state index >= 15 is 4.39 Å². The Balaban J connectivity index is 1.52. The van der Waals surface area contributed by atoms with Gasteiger partial charge in [0.15, 0.2) is 0 Å². The number of halogens is 1. The highest BCUT2D eigenvalue weighted by Crippen LogP contribution is 2.35. The lowest BCUT2D eigenvalue weighted by molar-refractivity contribution is -0.119. The summed E-state index contributed by atoms with van der Waals surface area (Å²) in [6.07, 6.45) is 3.87. The van der Waals surface area contributed by atoms with Gasteiger partial charge in [-0.2, -0.15) is 0 Å². The largest absolute Gasteiger partial charge is 0.442 e. The molecule has 4 rings (SSSR count). The topological polar surface area (TPSA) is 101 Å². The maximum atomic E-state index is 15.2. The van der Waals surface area contributed by atoms with Gasteiger partial charge in [0.2, 0.25) is 11.3 Å². The molecule has 2 amide bonds. The maximum Gasteiger partial charge on any atom is 0.411 e. The lowest BCUT2D eigenvalue weighted by atomic mass is 9.90. The number of nitrogens with one attached hydrogen (secondary N) is 2. The van der Waals surface area contributed by atoms with Crippen molar-refractivity contribution >= 4 is 17.7 Å². The molecule has 1 aliphatic heterocycles. The van der Waals surface area contributed by atoms with Gasteiger partial charge in [0.1, 0.15) is 11.9 Å². The molecule has 2 aliphatic rings. The normalized spacial score (nSPS) is 21.9. The summed E-state index contributed by atoms with van der Waals surface area (Å²) in [5, 5.41) is 5.53. The van der Waals surface area contributed by atoms with Crippen LogP contribution in [0.5, 0.6) is 0 Å². The number of anilines is 1. The minimum absolute atomic E-state index is 0.148. The Bertz CT molecular complexity index is 1230. The van der Waals surface area contributed by atoms with Gasteiger partial charge in [-0.05, 0) is 43.7 Å². The molecule has 0 spiro atoms. The van der Waals surface area contributed by atoms with E-state index in [1.165, 1.54) is 24.0 Å². The standard InChI is InChI=1S/C25H25FN4O4/c1-16(31)28-14-18-15-30(24(33)34-18)25(2)10-9-21(19(26)13-25)29-22-12-17(6-5-8-23(22)32)20-7-3-4-11-27-20/h3-9,11-13,18H,10,14-15H2,1-2H3,(H,28,31)(H,29,32)/t18-,25?/m0/s1. The van der Waals surface area contributed by atoms with Crippen LogP contribution in [0, 0.1) is 0 Å². The van der Waals surface area contributed by atoms with Crippen molar-refractivity contribution < 1.29 is 18.7 Å². The Morgan fingerprint density at radius 1 is 1.26 bits per heavy atom. The first-order valence-corrected chi connectivity index (χ1v) is 10.9. The molecular weight excluding hydrogens is 439 g/mol. The van der Waals surface area contributed by atoms with E-state index in [1.54, 1.807) is 43.5 Å². The first-order chi connectivity index (χ1) is 16.2. The van der Waals surface area contributed by atoms with Crippen LogP contribution in [0.1, 0.15) is 20.3 Å². The summed E-state index contributed by atoms with van der Waals surface area (Å²) in [7, 11) is 0. The predicted octanol–water partition coefficient (Wildman–Crippen LogP) is 3.38. The third kappa shape index (κ3) is 4.98. The van der Waals surface area contributed by atoms with E-state index in [0.29, 0.717) is 17.7 Å². The van der Waals surface area contributed by atoms with Crippen molar-refractivity contribution in [3.05, 3.63) is 82.6 Å². The third-order valence-electron chi connectivity index (χ3n) is 5.80. The van der Waals surface area contributed by atoms with Gasteiger partial charge in [0.05, 0.1) is 35.7 Å². The van der Waals surface area contributed by atoms with Gasteiger partial charge in [-0.15, -0.1) is 0 Å².